The summed E-state index contributed by atoms with van der Waals surface area (Å²) in [6.45, 7) is 0.0858. The van der Waals surface area contributed by atoms with Crippen molar-refractivity contribution in [2.75, 3.05) is 24.3 Å². The Morgan fingerprint density at radius 1 is 1.21 bits per heavy atom. The molecule has 0 aliphatic heterocycles. The van der Waals surface area contributed by atoms with Gasteiger partial charge in [-0.25, -0.2) is 4.98 Å². The van der Waals surface area contributed by atoms with Gasteiger partial charge in [0.1, 0.15) is 11.6 Å². The molecule has 1 heterocycles. The van der Waals surface area contributed by atoms with E-state index < -0.39 is 0 Å². The van der Waals surface area contributed by atoms with Crippen LogP contribution in [0, 0.1) is 0 Å². The minimum atomic E-state index is -0.312. The largest absolute Gasteiger partial charge is 0.394 e. The second-order valence-electron chi connectivity index (χ2n) is 5.02. The molecule has 0 spiro atoms. The number of aromatic nitrogens is 1. The minimum absolute atomic E-state index is 0.0858. The van der Waals surface area contributed by atoms with Crippen LogP contribution in [0.2, 0.25) is 10.0 Å². The SMILES string of the molecule is CNc1nc(NC2(CO)CCCCC2)c(Cl)cc1Cl. The molecule has 1 aliphatic rings. The van der Waals surface area contributed by atoms with Gasteiger partial charge in [-0.2, -0.15) is 0 Å². The summed E-state index contributed by atoms with van der Waals surface area (Å²) in [5, 5.41) is 16.9. The number of aliphatic hydroxyl groups is 1. The third kappa shape index (κ3) is 3.25. The van der Waals surface area contributed by atoms with E-state index >= 15 is 0 Å². The van der Waals surface area contributed by atoms with E-state index in [1.807, 2.05) is 0 Å². The molecule has 106 valence electrons. The Morgan fingerprint density at radius 3 is 2.42 bits per heavy atom. The highest BCUT2D eigenvalue weighted by Gasteiger charge is 2.32. The van der Waals surface area contributed by atoms with Gasteiger partial charge in [-0.3, -0.25) is 0 Å². The topological polar surface area (TPSA) is 57.2 Å². The van der Waals surface area contributed by atoms with Crippen LogP contribution < -0.4 is 10.6 Å². The van der Waals surface area contributed by atoms with Crippen molar-refractivity contribution >= 4 is 34.8 Å². The fourth-order valence-corrected chi connectivity index (χ4v) is 3.03. The summed E-state index contributed by atoms with van der Waals surface area (Å²) in [5.41, 5.74) is -0.312. The first-order valence-electron chi connectivity index (χ1n) is 6.53. The Kier molecular flexibility index (Phi) is 4.76. The molecule has 1 fully saturated rings. The Bertz CT molecular complexity index is 448. The smallest absolute Gasteiger partial charge is 0.147 e. The van der Waals surface area contributed by atoms with E-state index in [2.05, 4.69) is 15.6 Å². The maximum absolute atomic E-state index is 9.70. The average Bonchev–Trinajstić information content (AvgIpc) is 2.43. The first-order valence-corrected chi connectivity index (χ1v) is 7.29. The first kappa shape index (κ1) is 14.7. The Balaban J connectivity index is 2.26. The number of anilines is 2. The van der Waals surface area contributed by atoms with Crippen LogP contribution in [0.4, 0.5) is 11.6 Å². The maximum atomic E-state index is 9.70. The van der Waals surface area contributed by atoms with Crippen molar-refractivity contribution in [1.29, 1.82) is 0 Å². The lowest BCUT2D eigenvalue weighted by atomic mass is 9.82. The molecule has 3 N–H and O–H groups in total. The van der Waals surface area contributed by atoms with Crippen LogP contribution in [0.3, 0.4) is 0 Å². The van der Waals surface area contributed by atoms with Crippen molar-refractivity contribution in [3.63, 3.8) is 0 Å². The fourth-order valence-electron chi connectivity index (χ4n) is 2.53. The van der Waals surface area contributed by atoms with Gasteiger partial charge in [-0.1, -0.05) is 42.5 Å². The predicted molar refractivity (Wildman–Crippen MR) is 80.3 cm³/mol. The van der Waals surface area contributed by atoms with E-state index in [-0.39, 0.29) is 12.1 Å². The molecule has 1 saturated carbocycles. The number of hydrogen-bond acceptors (Lipinski definition) is 4. The molecule has 0 amide bonds. The van der Waals surface area contributed by atoms with Crippen LogP contribution in [0.5, 0.6) is 0 Å². The molecular weight excluding hydrogens is 285 g/mol. The van der Waals surface area contributed by atoms with Gasteiger partial charge in [0, 0.05) is 7.05 Å². The summed E-state index contributed by atoms with van der Waals surface area (Å²) in [7, 11) is 1.76. The lowest BCUT2D eigenvalue weighted by Crippen LogP contribution is -2.44. The van der Waals surface area contributed by atoms with E-state index in [1.54, 1.807) is 13.1 Å². The second kappa shape index (κ2) is 6.16. The molecule has 19 heavy (non-hydrogen) atoms. The Labute approximate surface area is 123 Å². The molecule has 4 nitrogen and oxygen atoms in total. The normalized spacial score (nSPS) is 18.1. The van der Waals surface area contributed by atoms with Gasteiger partial charge in [-0.05, 0) is 18.9 Å². The number of rotatable bonds is 4. The molecule has 1 aliphatic carbocycles. The lowest BCUT2D eigenvalue weighted by Gasteiger charge is -2.37. The number of pyridine rings is 1. The molecule has 0 radical (unpaired) electrons. The average molecular weight is 304 g/mol. The molecule has 1 aromatic heterocycles. The fraction of sp³-hybridized carbons (Fsp3) is 0.615. The lowest BCUT2D eigenvalue weighted by molar-refractivity contribution is 0.172. The van der Waals surface area contributed by atoms with Crippen LogP contribution in [0.15, 0.2) is 6.07 Å². The van der Waals surface area contributed by atoms with E-state index in [9.17, 15) is 5.11 Å². The summed E-state index contributed by atoms with van der Waals surface area (Å²) in [6.07, 6.45) is 5.29. The zero-order valence-electron chi connectivity index (χ0n) is 11.0. The van der Waals surface area contributed by atoms with Gasteiger partial charge >= 0.3 is 0 Å². The van der Waals surface area contributed by atoms with Crippen molar-refractivity contribution in [3.05, 3.63) is 16.1 Å². The summed E-state index contributed by atoms with van der Waals surface area (Å²) < 4.78 is 0. The molecular formula is C13H19Cl2N3O. The summed E-state index contributed by atoms with van der Waals surface area (Å²) >= 11 is 12.2. The third-order valence-corrected chi connectivity index (χ3v) is 4.24. The zero-order chi connectivity index (χ0) is 13.9. The first-order chi connectivity index (χ1) is 9.10. The number of nitrogens with zero attached hydrogens (tertiary/aromatic N) is 1. The van der Waals surface area contributed by atoms with Crippen molar-refractivity contribution in [2.24, 2.45) is 0 Å². The highest BCUT2D eigenvalue weighted by atomic mass is 35.5. The number of aliphatic hydroxyl groups excluding tert-OH is 1. The predicted octanol–water partition coefficient (Wildman–Crippen LogP) is 3.54. The van der Waals surface area contributed by atoms with Crippen LogP contribution in [0.25, 0.3) is 0 Å². The van der Waals surface area contributed by atoms with Gasteiger partial charge < -0.3 is 15.7 Å². The van der Waals surface area contributed by atoms with Crippen molar-refractivity contribution < 1.29 is 5.11 Å². The van der Waals surface area contributed by atoms with Crippen molar-refractivity contribution in [3.8, 4) is 0 Å². The zero-order valence-corrected chi connectivity index (χ0v) is 12.5. The van der Waals surface area contributed by atoms with Crippen LogP contribution in [-0.4, -0.2) is 29.3 Å². The van der Waals surface area contributed by atoms with Gasteiger partial charge in [0.05, 0.1) is 22.2 Å². The number of nitrogens with one attached hydrogen (secondary N) is 2. The van der Waals surface area contributed by atoms with Crippen molar-refractivity contribution in [1.82, 2.24) is 4.98 Å². The highest BCUT2D eigenvalue weighted by molar-refractivity contribution is 6.37. The number of halogens is 2. The Hall–Kier alpha value is -0.710. The van der Waals surface area contributed by atoms with Gasteiger partial charge in [0.15, 0.2) is 0 Å². The van der Waals surface area contributed by atoms with Gasteiger partial charge in [0.2, 0.25) is 0 Å². The van der Waals surface area contributed by atoms with Gasteiger partial charge in [-0.15, -0.1) is 0 Å². The van der Waals surface area contributed by atoms with Crippen molar-refractivity contribution in [2.45, 2.75) is 37.6 Å². The van der Waals surface area contributed by atoms with E-state index in [1.165, 1.54) is 6.42 Å². The monoisotopic (exact) mass is 303 g/mol. The maximum Gasteiger partial charge on any atom is 0.147 e. The van der Waals surface area contributed by atoms with Crippen LogP contribution >= 0.6 is 23.2 Å². The molecule has 0 saturated heterocycles. The minimum Gasteiger partial charge on any atom is -0.394 e. The molecule has 2 rings (SSSR count). The summed E-state index contributed by atoms with van der Waals surface area (Å²) in [6, 6.07) is 1.66. The number of hydrogen-bond donors (Lipinski definition) is 3. The Morgan fingerprint density at radius 2 is 1.84 bits per heavy atom. The highest BCUT2D eigenvalue weighted by Crippen LogP contribution is 2.35. The van der Waals surface area contributed by atoms with E-state index in [0.29, 0.717) is 21.7 Å². The second-order valence-corrected chi connectivity index (χ2v) is 5.84. The quantitative estimate of drug-likeness (QED) is 0.796. The van der Waals surface area contributed by atoms with Crippen LogP contribution in [-0.2, 0) is 0 Å². The molecule has 6 heteroatoms. The molecule has 1 aromatic rings. The van der Waals surface area contributed by atoms with E-state index in [0.717, 1.165) is 25.7 Å². The molecule has 0 bridgehead atoms. The summed E-state index contributed by atoms with van der Waals surface area (Å²) in [4.78, 5) is 4.38. The molecule has 0 atom stereocenters. The van der Waals surface area contributed by atoms with E-state index in [4.69, 9.17) is 23.2 Å². The summed E-state index contributed by atoms with van der Waals surface area (Å²) in [5.74, 6) is 1.16. The third-order valence-electron chi connectivity index (χ3n) is 3.66. The molecule has 0 unspecified atom stereocenters. The van der Waals surface area contributed by atoms with Crippen LogP contribution in [0.1, 0.15) is 32.1 Å². The standard InChI is InChI=1S/C13H19Cl2N3O/c1-16-11-9(14)7-10(15)12(17-11)18-13(8-19)5-3-2-4-6-13/h7,19H,2-6,8H2,1H3,(H2,16,17,18). The molecule has 0 aromatic carbocycles. The van der Waals surface area contributed by atoms with Gasteiger partial charge in [0.25, 0.3) is 0 Å².